The molecule has 0 unspecified atom stereocenters. The average molecular weight is 244 g/mol. The minimum absolute atomic E-state index is 0.553. The lowest BCUT2D eigenvalue weighted by atomic mass is 9.95. The molecule has 0 spiro atoms. The van der Waals surface area contributed by atoms with E-state index in [1.54, 1.807) is 20.3 Å². The number of para-hydroxylation sites is 1. The maximum absolute atomic E-state index is 11.0. The Bertz CT molecular complexity index is 512. The van der Waals surface area contributed by atoms with Gasteiger partial charge < -0.3 is 9.47 Å². The number of hydrogen-bond acceptors (Lipinski definition) is 3. The van der Waals surface area contributed by atoms with Crippen LogP contribution in [0.5, 0.6) is 5.75 Å². The quantitative estimate of drug-likeness (QED) is 0.763. The first-order valence-corrected chi connectivity index (χ1v) is 5.88. The summed E-state index contributed by atoms with van der Waals surface area (Å²) in [4.78, 5) is 11.0. The lowest BCUT2D eigenvalue weighted by Gasteiger charge is -2.17. The van der Waals surface area contributed by atoms with Gasteiger partial charge >= 0.3 is 0 Å². The fraction of sp³-hybridized carbons (Fsp3) is 0.267. The van der Waals surface area contributed by atoms with Crippen LogP contribution in [0.2, 0.25) is 0 Å². The van der Waals surface area contributed by atoms with Crippen molar-refractivity contribution in [2.24, 2.45) is 0 Å². The van der Waals surface area contributed by atoms with Gasteiger partial charge in [0.25, 0.3) is 0 Å². The highest BCUT2D eigenvalue weighted by Crippen LogP contribution is 2.35. The van der Waals surface area contributed by atoms with E-state index in [0.29, 0.717) is 11.3 Å². The summed E-state index contributed by atoms with van der Waals surface area (Å²) in [6.45, 7) is 0. The number of carbonyl (C=O) groups excluding carboxylic acids is 1. The van der Waals surface area contributed by atoms with Crippen LogP contribution in [-0.2, 0) is 4.74 Å². The summed E-state index contributed by atoms with van der Waals surface area (Å²) in [6.07, 6.45) is 6.78. The highest BCUT2D eigenvalue weighted by Gasteiger charge is 2.16. The van der Waals surface area contributed by atoms with Crippen molar-refractivity contribution in [3.8, 4) is 5.75 Å². The number of aldehydes is 1. The summed E-state index contributed by atoms with van der Waals surface area (Å²) >= 11 is 0. The molecule has 3 heteroatoms. The molecule has 0 aliphatic heterocycles. The third-order valence-electron chi connectivity index (χ3n) is 3.04. The van der Waals surface area contributed by atoms with Crippen molar-refractivity contribution < 1.29 is 14.3 Å². The smallest absolute Gasteiger partial charge is 0.153 e. The normalized spacial score (nSPS) is 14.6. The van der Waals surface area contributed by atoms with Gasteiger partial charge in [-0.1, -0.05) is 24.3 Å². The van der Waals surface area contributed by atoms with Crippen LogP contribution < -0.4 is 4.74 Å². The molecule has 0 radical (unpaired) electrons. The van der Waals surface area contributed by atoms with Crippen LogP contribution >= 0.6 is 0 Å². The fourth-order valence-electron chi connectivity index (χ4n) is 2.18. The molecule has 0 N–H and O–H groups in total. The van der Waals surface area contributed by atoms with Crippen LogP contribution in [0.3, 0.4) is 0 Å². The summed E-state index contributed by atoms with van der Waals surface area (Å²) in [7, 11) is 3.25. The fourth-order valence-corrected chi connectivity index (χ4v) is 2.18. The van der Waals surface area contributed by atoms with Gasteiger partial charge in [0.1, 0.15) is 11.5 Å². The number of rotatable bonds is 4. The van der Waals surface area contributed by atoms with Gasteiger partial charge in [0.2, 0.25) is 0 Å². The van der Waals surface area contributed by atoms with Crippen molar-refractivity contribution in [3.05, 3.63) is 47.2 Å². The molecule has 94 valence electrons. The lowest BCUT2D eigenvalue weighted by Crippen LogP contribution is -2.01. The molecule has 0 saturated carbocycles. The Hall–Kier alpha value is -2.03. The molecule has 1 aromatic rings. The summed E-state index contributed by atoms with van der Waals surface area (Å²) in [5, 5.41) is 0. The van der Waals surface area contributed by atoms with Crippen LogP contribution in [0.25, 0.3) is 5.57 Å². The van der Waals surface area contributed by atoms with E-state index < -0.39 is 0 Å². The van der Waals surface area contributed by atoms with Crippen molar-refractivity contribution in [2.75, 3.05) is 14.2 Å². The molecular formula is C15H16O3. The van der Waals surface area contributed by atoms with Gasteiger partial charge in [0.15, 0.2) is 6.29 Å². The molecule has 18 heavy (non-hydrogen) atoms. The van der Waals surface area contributed by atoms with Crippen molar-refractivity contribution in [3.63, 3.8) is 0 Å². The van der Waals surface area contributed by atoms with Gasteiger partial charge in [-0.25, -0.2) is 0 Å². The standard InChI is InChI=1S/C15H16O3/c1-17-14-9-4-3-7-12(14)13-8-5-6-11(10-16)15(13)18-2/h3,5-8,10H,4,9H2,1-2H3. The zero-order chi connectivity index (χ0) is 13.0. The van der Waals surface area contributed by atoms with Gasteiger partial charge in [-0.3, -0.25) is 4.79 Å². The average Bonchev–Trinajstić information content (AvgIpc) is 2.46. The Kier molecular flexibility index (Phi) is 3.82. The van der Waals surface area contributed by atoms with Crippen molar-refractivity contribution in [2.45, 2.75) is 12.8 Å². The highest BCUT2D eigenvalue weighted by atomic mass is 16.5. The Morgan fingerprint density at radius 3 is 2.72 bits per heavy atom. The van der Waals surface area contributed by atoms with Gasteiger partial charge in [-0.05, 0) is 12.5 Å². The minimum Gasteiger partial charge on any atom is -0.500 e. The van der Waals surface area contributed by atoms with E-state index in [1.807, 2.05) is 18.2 Å². The van der Waals surface area contributed by atoms with Gasteiger partial charge in [-0.15, -0.1) is 0 Å². The van der Waals surface area contributed by atoms with E-state index in [-0.39, 0.29) is 0 Å². The highest BCUT2D eigenvalue weighted by molar-refractivity contribution is 5.87. The SMILES string of the molecule is COC1=C(c2cccc(C=O)c2OC)C=CCC1. The van der Waals surface area contributed by atoms with Crippen LogP contribution in [0.15, 0.2) is 36.1 Å². The molecule has 0 heterocycles. The zero-order valence-corrected chi connectivity index (χ0v) is 10.6. The van der Waals surface area contributed by atoms with Gasteiger partial charge in [0.05, 0.1) is 19.8 Å². The predicted octanol–water partition coefficient (Wildman–Crippen LogP) is 3.22. The molecule has 2 rings (SSSR count). The third kappa shape index (κ3) is 2.16. The molecule has 1 aliphatic rings. The lowest BCUT2D eigenvalue weighted by molar-refractivity contribution is 0.112. The van der Waals surface area contributed by atoms with Gasteiger partial charge in [-0.2, -0.15) is 0 Å². The first-order chi connectivity index (χ1) is 8.81. The van der Waals surface area contributed by atoms with E-state index >= 15 is 0 Å². The van der Waals surface area contributed by atoms with Crippen molar-refractivity contribution in [1.29, 1.82) is 0 Å². The second-order valence-corrected chi connectivity index (χ2v) is 4.03. The second kappa shape index (κ2) is 5.54. The Morgan fingerprint density at radius 1 is 1.22 bits per heavy atom. The van der Waals surface area contributed by atoms with E-state index in [0.717, 1.165) is 36.0 Å². The number of hydrogen-bond donors (Lipinski definition) is 0. The predicted molar refractivity (Wildman–Crippen MR) is 70.7 cm³/mol. The van der Waals surface area contributed by atoms with E-state index in [2.05, 4.69) is 6.08 Å². The third-order valence-corrected chi connectivity index (χ3v) is 3.04. The molecule has 0 saturated heterocycles. The Morgan fingerprint density at radius 2 is 2.06 bits per heavy atom. The zero-order valence-electron chi connectivity index (χ0n) is 10.6. The molecule has 1 aromatic carbocycles. The summed E-state index contributed by atoms with van der Waals surface area (Å²) in [5.41, 5.74) is 2.44. The van der Waals surface area contributed by atoms with Crippen LogP contribution in [0, 0.1) is 0 Å². The molecular weight excluding hydrogens is 228 g/mol. The molecule has 1 aliphatic carbocycles. The summed E-state index contributed by atoms with van der Waals surface area (Å²) in [6, 6.07) is 5.54. The molecule has 0 fully saturated rings. The first-order valence-electron chi connectivity index (χ1n) is 5.88. The van der Waals surface area contributed by atoms with E-state index in [4.69, 9.17) is 9.47 Å². The second-order valence-electron chi connectivity index (χ2n) is 4.03. The number of allylic oxidation sites excluding steroid dienone is 4. The summed E-state index contributed by atoms with van der Waals surface area (Å²) < 4.78 is 10.8. The molecule has 0 bridgehead atoms. The van der Waals surface area contributed by atoms with Crippen LogP contribution in [-0.4, -0.2) is 20.5 Å². The van der Waals surface area contributed by atoms with Crippen molar-refractivity contribution in [1.82, 2.24) is 0 Å². The number of carbonyl (C=O) groups is 1. The van der Waals surface area contributed by atoms with E-state index in [1.165, 1.54) is 0 Å². The minimum atomic E-state index is 0.553. The molecule has 3 nitrogen and oxygen atoms in total. The van der Waals surface area contributed by atoms with Gasteiger partial charge in [0, 0.05) is 17.6 Å². The molecule has 0 atom stereocenters. The van der Waals surface area contributed by atoms with Crippen LogP contribution in [0.1, 0.15) is 28.8 Å². The van der Waals surface area contributed by atoms with Crippen LogP contribution in [0.4, 0.5) is 0 Å². The number of methoxy groups -OCH3 is 2. The molecule has 0 aromatic heterocycles. The topological polar surface area (TPSA) is 35.5 Å². The molecule has 0 amide bonds. The monoisotopic (exact) mass is 244 g/mol. The number of benzene rings is 1. The largest absolute Gasteiger partial charge is 0.500 e. The Labute approximate surface area is 107 Å². The number of ether oxygens (including phenoxy) is 2. The first kappa shape index (κ1) is 12.4. The Balaban J connectivity index is 2.60. The van der Waals surface area contributed by atoms with E-state index in [9.17, 15) is 4.79 Å². The van der Waals surface area contributed by atoms with Crippen molar-refractivity contribution >= 4 is 11.9 Å². The summed E-state index contributed by atoms with van der Waals surface area (Å²) in [5.74, 6) is 1.53. The maximum atomic E-state index is 11.0. The maximum Gasteiger partial charge on any atom is 0.153 e.